The maximum Gasteiger partial charge on any atom is 0.191 e. The van der Waals surface area contributed by atoms with E-state index in [9.17, 15) is 0 Å². The minimum absolute atomic E-state index is 0. The number of morpholine rings is 1. The van der Waals surface area contributed by atoms with Crippen molar-refractivity contribution in [1.29, 1.82) is 0 Å². The van der Waals surface area contributed by atoms with Crippen LogP contribution in [0.2, 0.25) is 0 Å². The molecular weight excluding hydrogens is 443 g/mol. The number of rotatable bonds is 8. The summed E-state index contributed by atoms with van der Waals surface area (Å²) in [6.07, 6.45) is 6.28. The molecule has 8 heteroatoms. The maximum atomic E-state index is 5.53. The fourth-order valence-electron chi connectivity index (χ4n) is 3.51. The van der Waals surface area contributed by atoms with Crippen LogP contribution in [0.1, 0.15) is 32.3 Å². The van der Waals surface area contributed by atoms with Gasteiger partial charge < -0.3 is 15.4 Å². The molecule has 0 aliphatic carbocycles. The average Bonchev–Trinajstić information content (AvgIpc) is 3.07. The molecular formula is C18H35IN6O. The number of hydrogen-bond acceptors (Lipinski definition) is 4. The normalized spacial score (nSPS) is 17.0. The molecule has 150 valence electrons. The summed E-state index contributed by atoms with van der Waals surface area (Å²) in [4.78, 5) is 6.93. The third kappa shape index (κ3) is 7.03. The number of guanidine groups is 1. The zero-order chi connectivity index (χ0) is 18.1. The molecule has 0 saturated carbocycles. The number of aryl methyl sites for hydroxylation is 1. The van der Waals surface area contributed by atoms with Crippen LogP contribution in [-0.2, 0) is 18.3 Å². The van der Waals surface area contributed by atoms with E-state index in [1.165, 1.54) is 12.8 Å². The summed E-state index contributed by atoms with van der Waals surface area (Å²) in [6, 6.07) is 0.510. The Morgan fingerprint density at radius 3 is 2.50 bits per heavy atom. The lowest BCUT2D eigenvalue weighted by Crippen LogP contribution is -2.53. The van der Waals surface area contributed by atoms with Crippen molar-refractivity contribution >= 4 is 29.9 Å². The molecule has 2 heterocycles. The number of hydrogen-bond donors (Lipinski definition) is 2. The van der Waals surface area contributed by atoms with Crippen molar-refractivity contribution in [2.75, 3.05) is 39.9 Å². The monoisotopic (exact) mass is 478 g/mol. The molecule has 7 nitrogen and oxygen atoms in total. The standard InChI is InChI=1S/C18H34N6O.HI/c1-5-16(6-2)17(24-7-9-25-10-8-24)13-21-18(19-3)20-11-15-12-22-23(4)14-15;/h12,14,16-17H,5-11,13H2,1-4H3,(H2,19,20,21);1H. The van der Waals surface area contributed by atoms with E-state index in [0.29, 0.717) is 12.0 Å². The zero-order valence-corrected chi connectivity index (χ0v) is 18.9. The highest BCUT2D eigenvalue weighted by atomic mass is 127. The number of ether oxygens (including phenoxy) is 1. The maximum absolute atomic E-state index is 5.53. The molecule has 0 aromatic carbocycles. The van der Waals surface area contributed by atoms with Crippen molar-refractivity contribution < 1.29 is 4.74 Å². The second-order valence-electron chi connectivity index (χ2n) is 6.62. The molecule has 1 aromatic heterocycles. The minimum Gasteiger partial charge on any atom is -0.379 e. The van der Waals surface area contributed by atoms with Crippen molar-refractivity contribution in [3.63, 3.8) is 0 Å². The molecule has 0 bridgehead atoms. The van der Waals surface area contributed by atoms with E-state index in [4.69, 9.17) is 4.74 Å². The molecule has 0 amide bonds. The van der Waals surface area contributed by atoms with Crippen LogP contribution in [0.15, 0.2) is 17.4 Å². The first kappa shape index (κ1) is 23.2. The number of nitrogens with one attached hydrogen (secondary N) is 2. The quantitative estimate of drug-likeness (QED) is 0.339. The Labute approximate surface area is 175 Å². The molecule has 1 aliphatic rings. The summed E-state index contributed by atoms with van der Waals surface area (Å²) in [5.74, 6) is 1.52. The largest absolute Gasteiger partial charge is 0.379 e. The Kier molecular flexibility index (Phi) is 11.1. The fourth-order valence-corrected chi connectivity index (χ4v) is 3.51. The summed E-state index contributed by atoms with van der Waals surface area (Å²) in [7, 11) is 3.75. The average molecular weight is 478 g/mol. The molecule has 0 spiro atoms. The van der Waals surface area contributed by atoms with Crippen LogP contribution in [0.4, 0.5) is 0 Å². The third-order valence-electron chi connectivity index (χ3n) is 5.03. The zero-order valence-electron chi connectivity index (χ0n) is 16.6. The van der Waals surface area contributed by atoms with Gasteiger partial charge in [-0.05, 0) is 5.92 Å². The van der Waals surface area contributed by atoms with Crippen molar-refractivity contribution in [1.82, 2.24) is 25.3 Å². The summed E-state index contributed by atoms with van der Waals surface area (Å²) in [5.41, 5.74) is 1.15. The van der Waals surface area contributed by atoms with E-state index in [0.717, 1.165) is 50.9 Å². The fraction of sp³-hybridized carbons (Fsp3) is 0.778. The molecule has 0 radical (unpaired) electrons. The van der Waals surface area contributed by atoms with E-state index < -0.39 is 0 Å². The first-order chi connectivity index (χ1) is 12.2. The Hall–Kier alpha value is -0.870. The van der Waals surface area contributed by atoms with Gasteiger partial charge in [-0.2, -0.15) is 5.10 Å². The van der Waals surface area contributed by atoms with Gasteiger partial charge in [0, 0.05) is 58.1 Å². The SMILES string of the molecule is CCC(CC)C(CNC(=NC)NCc1cnn(C)c1)N1CCOCC1.I. The van der Waals surface area contributed by atoms with Crippen molar-refractivity contribution in [2.45, 2.75) is 39.3 Å². The van der Waals surface area contributed by atoms with Gasteiger partial charge in [-0.3, -0.25) is 14.6 Å². The van der Waals surface area contributed by atoms with Crippen LogP contribution in [0, 0.1) is 5.92 Å². The van der Waals surface area contributed by atoms with E-state index >= 15 is 0 Å². The van der Waals surface area contributed by atoms with E-state index in [1.807, 2.05) is 31.2 Å². The number of aromatic nitrogens is 2. The van der Waals surface area contributed by atoms with Gasteiger partial charge in [-0.25, -0.2) is 0 Å². The van der Waals surface area contributed by atoms with Gasteiger partial charge in [0.25, 0.3) is 0 Å². The van der Waals surface area contributed by atoms with E-state index in [2.05, 4.69) is 39.5 Å². The lowest BCUT2D eigenvalue weighted by Gasteiger charge is -2.39. The predicted octanol–water partition coefficient (Wildman–Crippen LogP) is 1.84. The molecule has 1 unspecified atom stereocenters. The Morgan fingerprint density at radius 2 is 1.96 bits per heavy atom. The van der Waals surface area contributed by atoms with Gasteiger partial charge in [0.15, 0.2) is 5.96 Å². The molecule has 2 N–H and O–H groups in total. The third-order valence-corrected chi connectivity index (χ3v) is 5.03. The summed E-state index contributed by atoms with van der Waals surface area (Å²) in [6.45, 7) is 9.92. The summed E-state index contributed by atoms with van der Waals surface area (Å²) >= 11 is 0. The molecule has 1 aliphatic heterocycles. The van der Waals surface area contributed by atoms with Crippen LogP contribution < -0.4 is 10.6 Å². The Morgan fingerprint density at radius 1 is 1.27 bits per heavy atom. The van der Waals surface area contributed by atoms with Crippen molar-refractivity contribution in [3.05, 3.63) is 18.0 Å². The van der Waals surface area contributed by atoms with Crippen molar-refractivity contribution in [2.24, 2.45) is 18.0 Å². The van der Waals surface area contributed by atoms with E-state index in [1.54, 1.807) is 0 Å². The van der Waals surface area contributed by atoms with E-state index in [-0.39, 0.29) is 24.0 Å². The van der Waals surface area contributed by atoms with Gasteiger partial charge >= 0.3 is 0 Å². The van der Waals surface area contributed by atoms with Gasteiger partial charge in [-0.15, -0.1) is 24.0 Å². The van der Waals surface area contributed by atoms with Crippen molar-refractivity contribution in [3.8, 4) is 0 Å². The van der Waals surface area contributed by atoms with Crippen LogP contribution in [-0.4, -0.2) is 66.6 Å². The summed E-state index contributed by atoms with van der Waals surface area (Å²) in [5, 5.41) is 11.1. The van der Waals surface area contributed by atoms with Gasteiger partial charge in [-0.1, -0.05) is 26.7 Å². The second-order valence-corrected chi connectivity index (χ2v) is 6.62. The first-order valence-corrected chi connectivity index (χ1v) is 9.41. The summed E-state index contributed by atoms with van der Waals surface area (Å²) < 4.78 is 7.34. The van der Waals surface area contributed by atoms with Gasteiger partial charge in [0.05, 0.1) is 19.4 Å². The lowest BCUT2D eigenvalue weighted by atomic mass is 9.92. The van der Waals surface area contributed by atoms with Gasteiger partial charge in [0.1, 0.15) is 0 Å². The molecule has 26 heavy (non-hydrogen) atoms. The smallest absolute Gasteiger partial charge is 0.191 e. The van der Waals surface area contributed by atoms with Crippen LogP contribution in [0.3, 0.4) is 0 Å². The van der Waals surface area contributed by atoms with Crippen LogP contribution in [0.25, 0.3) is 0 Å². The first-order valence-electron chi connectivity index (χ1n) is 9.41. The predicted molar refractivity (Wildman–Crippen MR) is 117 cm³/mol. The topological polar surface area (TPSA) is 66.7 Å². The Balaban J connectivity index is 0.00000338. The second kappa shape index (κ2) is 12.5. The molecule has 2 rings (SSSR count). The van der Waals surface area contributed by atoms with Crippen LogP contribution in [0.5, 0.6) is 0 Å². The number of aliphatic imine (C=N–C) groups is 1. The molecule has 1 aromatic rings. The highest BCUT2D eigenvalue weighted by molar-refractivity contribution is 14.0. The molecule has 1 atom stereocenters. The van der Waals surface area contributed by atoms with Gasteiger partial charge in [0.2, 0.25) is 0 Å². The number of halogens is 1. The number of nitrogens with zero attached hydrogens (tertiary/aromatic N) is 4. The highest BCUT2D eigenvalue weighted by Gasteiger charge is 2.26. The lowest BCUT2D eigenvalue weighted by molar-refractivity contribution is 0.00272. The Bertz CT molecular complexity index is 526. The minimum atomic E-state index is 0. The highest BCUT2D eigenvalue weighted by Crippen LogP contribution is 2.19. The van der Waals surface area contributed by atoms with Crippen LogP contribution >= 0.6 is 24.0 Å². The molecule has 1 fully saturated rings. The molecule has 1 saturated heterocycles.